The fourth-order valence-corrected chi connectivity index (χ4v) is 3.97. The number of nitrogens with one attached hydrogen (secondary N) is 1. The molecule has 3 rings (SSSR count). The van der Waals surface area contributed by atoms with E-state index in [1.54, 1.807) is 19.2 Å². The van der Waals surface area contributed by atoms with Crippen LogP contribution in [0, 0.1) is 5.92 Å². The standard InChI is InChI=1S/C17H20BrNO3/c1-22-17-9-14(18)11(8-16(17)21)7-15-13-3-2-12(20)6-10(13)4-5-19-15/h6,8-9,13,15,19,21H,2-5,7H2,1H3. The first kappa shape index (κ1) is 15.6. The maximum Gasteiger partial charge on any atom is 0.161 e. The summed E-state index contributed by atoms with van der Waals surface area (Å²) in [6, 6.07) is 3.86. The number of rotatable bonds is 3. The van der Waals surface area contributed by atoms with Gasteiger partial charge in [-0.1, -0.05) is 21.5 Å². The second-order valence-electron chi connectivity index (χ2n) is 5.96. The third-order valence-electron chi connectivity index (χ3n) is 4.62. The average Bonchev–Trinajstić information content (AvgIpc) is 2.50. The largest absolute Gasteiger partial charge is 0.504 e. The molecule has 0 amide bonds. The lowest BCUT2D eigenvalue weighted by Gasteiger charge is -2.37. The van der Waals surface area contributed by atoms with E-state index in [1.165, 1.54) is 5.57 Å². The van der Waals surface area contributed by atoms with E-state index in [-0.39, 0.29) is 11.5 Å². The number of hydrogen-bond donors (Lipinski definition) is 2. The number of phenolic OH excluding ortho intramolecular Hbond substituents is 1. The molecule has 2 unspecified atom stereocenters. The Morgan fingerprint density at radius 2 is 2.23 bits per heavy atom. The average molecular weight is 366 g/mol. The molecule has 0 saturated carbocycles. The minimum Gasteiger partial charge on any atom is -0.504 e. The third-order valence-corrected chi connectivity index (χ3v) is 5.36. The number of aromatic hydroxyl groups is 1. The molecule has 0 radical (unpaired) electrons. The summed E-state index contributed by atoms with van der Waals surface area (Å²) in [5.74, 6) is 1.31. The molecule has 2 N–H and O–H groups in total. The van der Waals surface area contributed by atoms with Gasteiger partial charge < -0.3 is 15.2 Å². The molecule has 0 spiro atoms. The molecular formula is C17H20BrNO3. The van der Waals surface area contributed by atoms with E-state index in [9.17, 15) is 9.90 Å². The van der Waals surface area contributed by atoms with Crippen molar-refractivity contribution < 1.29 is 14.6 Å². The van der Waals surface area contributed by atoms with E-state index in [0.29, 0.717) is 24.1 Å². The molecule has 118 valence electrons. The molecule has 1 aromatic rings. The first-order chi connectivity index (χ1) is 10.6. The molecule has 1 aromatic carbocycles. The first-order valence-electron chi connectivity index (χ1n) is 7.60. The van der Waals surface area contributed by atoms with Crippen LogP contribution in [0.1, 0.15) is 24.8 Å². The number of halogens is 1. The van der Waals surface area contributed by atoms with Crippen molar-refractivity contribution in [1.29, 1.82) is 0 Å². The number of fused-ring (bicyclic) bond motifs is 1. The number of carbonyl (C=O) groups is 1. The predicted octanol–water partition coefficient (Wildman–Crippen LogP) is 2.97. The number of methoxy groups -OCH3 is 1. The van der Waals surface area contributed by atoms with Crippen LogP contribution in [-0.2, 0) is 11.2 Å². The molecule has 0 aromatic heterocycles. The van der Waals surface area contributed by atoms with Gasteiger partial charge in [0.05, 0.1) is 7.11 Å². The van der Waals surface area contributed by atoms with E-state index < -0.39 is 0 Å². The number of carbonyl (C=O) groups excluding carboxylic acids is 1. The Bertz CT molecular complexity index is 627. The van der Waals surface area contributed by atoms with E-state index in [1.807, 2.05) is 6.08 Å². The lowest BCUT2D eigenvalue weighted by molar-refractivity contribution is -0.115. The minimum absolute atomic E-state index is 0.158. The summed E-state index contributed by atoms with van der Waals surface area (Å²) in [7, 11) is 1.54. The molecule has 22 heavy (non-hydrogen) atoms. The van der Waals surface area contributed by atoms with Crippen LogP contribution in [0.2, 0.25) is 0 Å². The molecule has 2 aliphatic rings. The zero-order valence-corrected chi connectivity index (χ0v) is 14.1. The molecule has 2 atom stereocenters. The van der Waals surface area contributed by atoms with Crippen LogP contribution in [-0.4, -0.2) is 30.6 Å². The summed E-state index contributed by atoms with van der Waals surface area (Å²) in [4.78, 5) is 11.6. The van der Waals surface area contributed by atoms with Crippen molar-refractivity contribution in [3.63, 3.8) is 0 Å². The van der Waals surface area contributed by atoms with Crippen molar-refractivity contribution >= 4 is 21.7 Å². The maximum atomic E-state index is 11.6. The fourth-order valence-electron chi connectivity index (χ4n) is 3.49. The molecule has 4 nitrogen and oxygen atoms in total. The van der Waals surface area contributed by atoms with Crippen molar-refractivity contribution in [1.82, 2.24) is 5.32 Å². The zero-order valence-electron chi connectivity index (χ0n) is 12.6. The van der Waals surface area contributed by atoms with E-state index in [4.69, 9.17) is 4.74 Å². The number of ketones is 1. The zero-order chi connectivity index (χ0) is 15.7. The Morgan fingerprint density at radius 3 is 3.00 bits per heavy atom. The predicted molar refractivity (Wildman–Crippen MR) is 88.3 cm³/mol. The van der Waals surface area contributed by atoms with Crippen LogP contribution >= 0.6 is 15.9 Å². The van der Waals surface area contributed by atoms with Gasteiger partial charge in [0, 0.05) is 16.9 Å². The molecule has 1 aliphatic carbocycles. The molecule has 1 fully saturated rings. The van der Waals surface area contributed by atoms with Crippen LogP contribution in [0.15, 0.2) is 28.3 Å². The van der Waals surface area contributed by atoms with Gasteiger partial charge in [-0.2, -0.15) is 0 Å². The Kier molecular flexibility index (Phi) is 4.54. The summed E-state index contributed by atoms with van der Waals surface area (Å²) >= 11 is 3.56. The van der Waals surface area contributed by atoms with Crippen LogP contribution < -0.4 is 10.1 Å². The van der Waals surface area contributed by atoms with Crippen molar-refractivity contribution in [2.24, 2.45) is 5.92 Å². The highest BCUT2D eigenvalue weighted by Gasteiger charge is 2.32. The second-order valence-corrected chi connectivity index (χ2v) is 6.82. The van der Waals surface area contributed by atoms with Gasteiger partial charge in [-0.05, 0) is 55.5 Å². The van der Waals surface area contributed by atoms with Crippen LogP contribution in [0.5, 0.6) is 11.5 Å². The summed E-state index contributed by atoms with van der Waals surface area (Å²) in [6.07, 6.45) is 5.18. The third kappa shape index (κ3) is 3.06. The lowest BCUT2D eigenvalue weighted by atomic mass is 9.76. The van der Waals surface area contributed by atoms with Crippen molar-refractivity contribution in [2.45, 2.75) is 31.7 Å². The van der Waals surface area contributed by atoms with Crippen molar-refractivity contribution in [3.8, 4) is 11.5 Å². The van der Waals surface area contributed by atoms with Gasteiger partial charge in [-0.15, -0.1) is 0 Å². The number of benzene rings is 1. The number of phenols is 1. The van der Waals surface area contributed by atoms with Gasteiger partial charge in [-0.3, -0.25) is 4.79 Å². The molecule has 1 saturated heterocycles. The summed E-state index contributed by atoms with van der Waals surface area (Å²) < 4.78 is 6.06. The quantitative estimate of drug-likeness (QED) is 0.864. The van der Waals surface area contributed by atoms with Gasteiger partial charge in [0.25, 0.3) is 0 Å². The van der Waals surface area contributed by atoms with Crippen LogP contribution in [0.3, 0.4) is 0 Å². The Hall–Kier alpha value is -1.33. The topological polar surface area (TPSA) is 58.6 Å². The van der Waals surface area contributed by atoms with Gasteiger partial charge >= 0.3 is 0 Å². The Balaban J connectivity index is 1.82. The highest BCUT2D eigenvalue weighted by molar-refractivity contribution is 9.10. The summed E-state index contributed by atoms with van der Waals surface area (Å²) in [6.45, 7) is 0.903. The summed E-state index contributed by atoms with van der Waals surface area (Å²) in [5, 5.41) is 13.6. The monoisotopic (exact) mass is 365 g/mol. The van der Waals surface area contributed by atoms with E-state index >= 15 is 0 Å². The van der Waals surface area contributed by atoms with Crippen molar-refractivity contribution in [2.75, 3.05) is 13.7 Å². The molecule has 0 bridgehead atoms. The number of allylic oxidation sites excluding steroid dienone is 1. The molecule has 1 heterocycles. The number of piperidine rings is 1. The SMILES string of the molecule is COc1cc(Br)c(CC2NCCC3=CC(=O)CCC32)cc1O. The molecule has 1 aliphatic heterocycles. The highest BCUT2D eigenvalue weighted by atomic mass is 79.9. The van der Waals surface area contributed by atoms with Crippen LogP contribution in [0.25, 0.3) is 0 Å². The second kappa shape index (κ2) is 6.42. The smallest absolute Gasteiger partial charge is 0.161 e. The highest BCUT2D eigenvalue weighted by Crippen LogP contribution is 2.36. The van der Waals surface area contributed by atoms with Gasteiger partial charge in [-0.25, -0.2) is 0 Å². The van der Waals surface area contributed by atoms with Gasteiger partial charge in [0.15, 0.2) is 17.3 Å². The summed E-state index contributed by atoms with van der Waals surface area (Å²) in [5.41, 5.74) is 2.34. The lowest BCUT2D eigenvalue weighted by Crippen LogP contribution is -2.45. The van der Waals surface area contributed by atoms with E-state index in [2.05, 4.69) is 21.2 Å². The molecule has 5 heteroatoms. The van der Waals surface area contributed by atoms with Crippen LogP contribution in [0.4, 0.5) is 0 Å². The minimum atomic E-state index is 0.158. The fraction of sp³-hybridized carbons (Fsp3) is 0.471. The number of hydrogen-bond acceptors (Lipinski definition) is 4. The Morgan fingerprint density at radius 1 is 1.41 bits per heavy atom. The van der Waals surface area contributed by atoms with Gasteiger partial charge in [0.2, 0.25) is 0 Å². The Labute approximate surface area is 138 Å². The van der Waals surface area contributed by atoms with Crippen molar-refractivity contribution in [3.05, 3.63) is 33.8 Å². The van der Waals surface area contributed by atoms with Gasteiger partial charge in [0.1, 0.15) is 0 Å². The first-order valence-corrected chi connectivity index (χ1v) is 8.40. The normalized spacial score (nSPS) is 24.6. The number of ether oxygens (including phenoxy) is 1. The van der Waals surface area contributed by atoms with E-state index in [0.717, 1.165) is 35.8 Å². The maximum absolute atomic E-state index is 11.6. The molecular weight excluding hydrogens is 346 g/mol.